The molecule has 3 aliphatic rings. The van der Waals surface area contributed by atoms with Gasteiger partial charge in [0.05, 0.1) is 6.10 Å². The molecule has 48 heavy (non-hydrogen) atoms. The normalized spacial score (nSPS) is 20.7. The zero-order valence-corrected chi connectivity index (χ0v) is 28.5. The third kappa shape index (κ3) is 8.86. The quantitative estimate of drug-likeness (QED) is 0.239. The number of piperidine rings is 1. The molecule has 0 aromatic heterocycles. The van der Waals surface area contributed by atoms with Gasteiger partial charge in [-0.3, -0.25) is 24.1 Å². The molecule has 2 heterocycles. The van der Waals surface area contributed by atoms with E-state index in [1.807, 2.05) is 29.2 Å². The molecule has 2 atom stereocenters. The number of carbonyl (C=O) groups is 4. The number of ether oxygens (including phenoxy) is 1. The molecule has 262 valence electrons. The molecule has 2 aliphatic heterocycles. The molecule has 2 aromatic rings. The fraction of sp³-hybridized carbons (Fsp3) is 0.556. The number of unbranched alkanes of at least 4 members (excludes halogenated alkanes) is 1. The van der Waals surface area contributed by atoms with E-state index in [1.165, 1.54) is 0 Å². The van der Waals surface area contributed by atoms with E-state index in [1.54, 1.807) is 24.3 Å². The van der Waals surface area contributed by atoms with Crippen molar-refractivity contribution in [3.05, 3.63) is 59.7 Å². The van der Waals surface area contributed by atoms with E-state index in [-0.39, 0.29) is 30.1 Å². The van der Waals surface area contributed by atoms with Crippen molar-refractivity contribution in [3.63, 3.8) is 0 Å². The van der Waals surface area contributed by atoms with Gasteiger partial charge in [-0.05, 0) is 80.0 Å². The molecule has 2 aromatic carbocycles. The summed E-state index contributed by atoms with van der Waals surface area (Å²) in [4.78, 5) is 54.6. The number of hydrogen-bond donors (Lipinski definition) is 4. The van der Waals surface area contributed by atoms with Crippen molar-refractivity contribution in [2.45, 2.75) is 95.4 Å². The number of hydrogen-bond acceptors (Lipinski definition) is 7. The Hall–Kier alpha value is -3.67. The lowest BCUT2D eigenvalue weighted by Gasteiger charge is -2.52. The van der Waals surface area contributed by atoms with Gasteiger partial charge in [-0.1, -0.05) is 51.2 Å². The lowest BCUT2D eigenvalue weighted by atomic mass is 9.79. The summed E-state index contributed by atoms with van der Waals surface area (Å²) in [5.41, 5.74) is 0.553. The van der Waals surface area contributed by atoms with Gasteiger partial charge < -0.3 is 30.5 Å². The van der Waals surface area contributed by atoms with Gasteiger partial charge >= 0.3 is 5.97 Å². The van der Waals surface area contributed by atoms with Crippen LogP contribution in [0.3, 0.4) is 0 Å². The SMILES string of the molecule is CCCCN1C(=O)[C@@H]([C@H](O)C2CCCCCC2)NC(=O)C12CCN(Cc1ccc(Oc3ccc(C(=O)NCC(=O)O)cc3)cc1)CC2.Cl. The highest BCUT2D eigenvalue weighted by Crippen LogP contribution is 2.36. The molecule has 11 nitrogen and oxygen atoms in total. The van der Waals surface area contributed by atoms with Crippen molar-refractivity contribution in [2.75, 3.05) is 26.2 Å². The number of carbonyl (C=O) groups excluding carboxylic acids is 3. The third-order valence-electron chi connectivity index (χ3n) is 9.98. The summed E-state index contributed by atoms with van der Waals surface area (Å²) in [6.07, 6.45) is 8.20. The topological polar surface area (TPSA) is 149 Å². The number of nitrogens with zero attached hydrogens (tertiary/aromatic N) is 2. The number of likely N-dealkylation sites (tertiary alicyclic amines) is 1. The Bertz CT molecular complexity index is 1390. The number of amides is 3. The maximum Gasteiger partial charge on any atom is 0.322 e. The van der Waals surface area contributed by atoms with Gasteiger partial charge in [0, 0.05) is 31.7 Å². The summed E-state index contributed by atoms with van der Waals surface area (Å²) in [7, 11) is 0. The minimum absolute atomic E-state index is 0. The van der Waals surface area contributed by atoms with Crippen LogP contribution in [-0.2, 0) is 20.9 Å². The predicted octanol–water partition coefficient (Wildman–Crippen LogP) is 4.51. The van der Waals surface area contributed by atoms with E-state index in [4.69, 9.17) is 9.84 Å². The number of carboxylic acids is 1. The van der Waals surface area contributed by atoms with Crippen LogP contribution < -0.4 is 15.4 Å². The van der Waals surface area contributed by atoms with Crippen LogP contribution in [0.5, 0.6) is 11.5 Å². The number of rotatable bonds is 12. The summed E-state index contributed by atoms with van der Waals surface area (Å²) in [6, 6.07) is 13.4. The molecule has 0 bridgehead atoms. The van der Waals surface area contributed by atoms with Gasteiger partial charge in [-0.25, -0.2) is 0 Å². The Morgan fingerprint density at radius 1 is 0.979 bits per heavy atom. The first-order chi connectivity index (χ1) is 22.7. The molecule has 2 saturated heterocycles. The average molecular weight is 685 g/mol. The number of aliphatic hydroxyl groups is 1. The highest BCUT2D eigenvalue weighted by atomic mass is 35.5. The van der Waals surface area contributed by atoms with E-state index in [2.05, 4.69) is 22.5 Å². The number of halogens is 1. The molecular formula is C36H49ClN4O7. The van der Waals surface area contributed by atoms with Crippen molar-refractivity contribution in [1.82, 2.24) is 20.4 Å². The number of aliphatic carboxylic acids is 1. The monoisotopic (exact) mass is 684 g/mol. The number of piperazine rings is 1. The van der Waals surface area contributed by atoms with Gasteiger partial charge in [0.1, 0.15) is 29.6 Å². The molecule has 1 spiro atoms. The highest BCUT2D eigenvalue weighted by Gasteiger charge is 2.55. The molecule has 0 unspecified atom stereocenters. The van der Waals surface area contributed by atoms with Crippen LogP contribution in [0.15, 0.2) is 48.5 Å². The number of benzene rings is 2. The summed E-state index contributed by atoms with van der Waals surface area (Å²) in [6.45, 7) is 4.21. The smallest absolute Gasteiger partial charge is 0.322 e. The van der Waals surface area contributed by atoms with Crippen molar-refractivity contribution in [2.24, 2.45) is 5.92 Å². The van der Waals surface area contributed by atoms with Crippen LogP contribution in [0.25, 0.3) is 0 Å². The van der Waals surface area contributed by atoms with E-state index in [9.17, 15) is 24.3 Å². The maximum absolute atomic E-state index is 13.9. The van der Waals surface area contributed by atoms with E-state index >= 15 is 0 Å². The molecule has 0 radical (unpaired) electrons. The molecule has 3 fully saturated rings. The van der Waals surface area contributed by atoms with E-state index < -0.39 is 36.1 Å². The zero-order chi connectivity index (χ0) is 33.4. The Morgan fingerprint density at radius 2 is 1.58 bits per heavy atom. The Kier molecular flexibility index (Phi) is 13.3. The van der Waals surface area contributed by atoms with Crippen LogP contribution >= 0.6 is 12.4 Å². The molecule has 1 aliphatic carbocycles. The lowest BCUT2D eigenvalue weighted by molar-refractivity contribution is -0.165. The number of nitrogens with one attached hydrogen (secondary N) is 2. The molecule has 12 heteroatoms. The fourth-order valence-corrected chi connectivity index (χ4v) is 7.20. The molecule has 4 N–H and O–H groups in total. The zero-order valence-electron chi connectivity index (χ0n) is 27.7. The first-order valence-electron chi connectivity index (χ1n) is 17.1. The van der Waals surface area contributed by atoms with Crippen molar-refractivity contribution < 1.29 is 34.1 Å². The van der Waals surface area contributed by atoms with E-state index in [0.717, 1.165) is 56.9 Å². The van der Waals surface area contributed by atoms with Gasteiger partial charge in [0.25, 0.3) is 5.91 Å². The van der Waals surface area contributed by atoms with Crippen LogP contribution in [0.2, 0.25) is 0 Å². The van der Waals surface area contributed by atoms with Crippen molar-refractivity contribution in [3.8, 4) is 11.5 Å². The standard InChI is InChI=1S/C36H48N4O7.ClH/c1-2-3-20-40-34(45)31(32(43)26-8-6-4-5-7-9-26)38-35(46)36(40)18-21-39(22-19-36)24-25-10-14-28(15-11-25)47-29-16-12-27(13-17-29)33(44)37-23-30(41)42;/h10-17,26,31-32,43H,2-9,18-24H2,1H3,(H,37,44)(H,38,46)(H,41,42);1H/t31-,32-;/m1./s1. The Morgan fingerprint density at radius 3 is 2.17 bits per heavy atom. The van der Waals surface area contributed by atoms with Gasteiger partial charge in [-0.2, -0.15) is 0 Å². The van der Waals surface area contributed by atoms with Crippen LogP contribution in [0, 0.1) is 5.92 Å². The van der Waals surface area contributed by atoms with Crippen molar-refractivity contribution >= 4 is 36.1 Å². The minimum Gasteiger partial charge on any atom is -0.480 e. The molecule has 3 amide bonds. The number of aliphatic hydroxyl groups excluding tert-OH is 1. The largest absolute Gasteiger partial charge is 0.480 e. The number of carboxylic acid groups (broad SMARTS) is 1. The molecule has 5 rings (SSSR count). The second-order valence-electron chi connectivity index (χ2n) is 13.2. The highest BCUT2D eigenvalue weighted by molar-refractivity contribution is 6.00. The van der Waals surface area contributed by atoms with Gasteiger partial charge in [0.15, 0.2) is 0 Å². The average Bonchev–Trinajstić information content (AvgIpc) is 3.37. The fourth-order valence-electron chi connectivity index (χ4n) is 7.20. The van der Waals surface area contributed by atoms with Crippen LogP contribution in [-0.4, -0.2) is 87.6 Å². The lowest BCUT2D eigenvalue weighted by Crippen LogP contribution is -2.75. The second kappa shape index (κ2) is 17.1. The first kappa shape index (κ1) is 37.2. The molecule has 1 saturated carbocycles. The van der Waals surface area contributed by atoms with Gasteiger partial charge in [0.2, 0.25) is 11.8 Å². The summed E-state index contributed by atoms with van der Waals surface area (Å²) in [5, 5.41) is 25.4. The summed E-state index contributed by atoms with van der Waals surface area (Å²) >= 11 is 0. The summed E-state index contributed by atoms with van der Waals surface area (Å²) < 4.78 is 5.93. The first-order valence-corrected chi connectivity index (χ1v) is 17.1. The minimum atomic E-state index is -1.11. The summed E-state index contributed by atoms with van der Waals surface area (Å²) in [5.74, 6) is -0.606. The van der Waals surface area contributed by atoms with Crippen molar-refractivity contribution in [1.29, 1.82) is 0 Å². The Balaban J connectivity index is 0.00000520. The van der Waals surface area contributed by atoms with Gasteiger partial charge in [-0.15, -0.1) is 12.4 Å². The van der Waals surface area contributed by atoms with Crippen LogP contribution in [0.1, 0.15) is 87.1 Å². The van der Waals surface area contributed by atoms with E-state index in [0.29, 0.717) is 56.1 Å². The maximum atomic E-state index is 13.9. The third-order valence-corrected chi connectivity index (χ3v) is 9.98. The van der Waals surface area contributed by atoms with Crippen LogP contribution in [0.4, 0.5) is 0 Å². The predicted molar refractivity (Wildman–Crippen MR) is 183 cm³/mol. The molecular weight excluding hydrogens is 636 g/mol. The second-order valence-corrected chi connectivity index (χ2v) is 13.2. The Labute approximate surface area is 288 Å².